The van der Waals surface area contributed by atoms with Gasteiger partial charge < -0.3 is 20.8 Å². The molecule has 24 heavy (non-hydrogen) atoms. The summed E-state index contributed by atoms with van der Waals surface area (Å²) in [5, 5.41) is 24.9. The van der Waals surface area contributed by atoms with E-state index in [9.17, 15) is 15.0 Å². The van der Waals surface area contributed by atoms with Crippen LogP contribution in [0.25, 0.3) is 0 Å². The lowest BCUT2D eigenvalue weighted by Gasteiger charge is -2.33. The van der Waals surface area contributed by atoms with E-state index in [1.165, 1.54) is 38.5 Å². The van der Waals surface area contributed by atoms with Crippen molar-refractivity contribution in [2.45, 2.75) is 83.4 Å². The molecule has 5 heteroatoms. The number of amides is 1. The Kier molecular flexibility index (Phi) is 7.98. The molecule has 1 amide bonds. The molecule has 0 spiro atoms. The van der Waals surface area contributed by atoms with Gasteiger partial charge in [0.15, 0.2) is 0 Å². The zero-order chi connectivity index (χ0) is 17.5. The van der Waals surface area contributed by atoms with Crippen LogP contribution in [0, 0.1) is 17.8 Å². The molecule has 0 aromatic carbocycles. The van der Waals surface area contributed by atoms with Gasteiger partial charge in [-0.1, -0.05) is 45.4 Å². The quantitative estimate of drug-likeness (QED) is 0.570. The van der Waals surface area contributed by atoms with Crippen LogP contribution in [0.1, 0.15) is 65.2 Å². The van der Waals surface area contributed by atoms with Gasteiger partial charge in [0.05, 0.1) is 24.8 Å². The smallest absolute Gasteiger partial charge is 0.237 e. The first-order valence-electron chi connectivity index (χ1n) is 9.82. The topological polar surface area (TPSA) is 81.6 Å². The zero-order valence-corrected chi connectivity index (χ0v) is 15.3. The standard InChI is InChI=1S/C19H36N2O3/c1-13-3-5-15(6-4-13)7-8-16-9-10-20-17(11-16)19(24)21-18(12-22)14(2)23/h13-18,20,22-23H,3-12H2,1-2H3,(H,21,24)/t13?,14-,15?,16+,17-,18-/m0/s1. The van der Waals surface area contributed by atoms with Gasteiger partial charge in [-0.25, -0.2) is 0 Å². The van der Waals surface area contributed by atoms with Crippen LogP contribution in [0.5, 0.6) is 0 Å². The highest BCUT2D eigenvalue weighted by Gasteiger charge is 2.29. The Hall–Kier alpha value is -0.650. The predicted molar refractivity (Wildman–Crippen MR) is 95.6 cm³/mol. The maximum Gasteiger partial charge on any atom is 0.237 e. The number of hydrogen-bond donors (Lipinski definition) is 4. The molecule has 1 aliphatic heterocycles. The second-order valence-corrected chi connectivity index (χ2v) is 8.14. The van der Waals surface area contributed by atoms with Gasteiger partial charge in [-0.05, 0) is 44.1 Å². The molecule has 1 saturated heterocycles. The fourth-order valence-electron chi connectivity index (χ4n) is 4.15. The summed E-state index contributed by atoms with van der Waals surface area (Å²) in [6.07, 6.45) is 9.31. The first kappa shape index (κ1) is 19.7. The van der Waals surface area contributed by atoms with E-state index >= 15 is 0 Å². The summed E-state index contributed by atoms with van der Waals surface area (Å²) < 4.78 is 0. The molecule has 5 nitrogen and oxygen atoms in total. The van der Waals surface area contributed by atoms with Gasteiger partial charge in [0.1, 0.15) is 0 Å². The van der Waals surface area contributed by atoms with E-state index in [1.54, 1.807) is 6.92 Å². The van der Waals surface area contributed by atoms with Crippen molar-refractivity contribution < 1.29 is 15.0 Å². The number of hydrogen-bond acceptors (Lipinski definition) is 4. The minimum Gasteiger partial charge on any atom is -0.394 e. The second kappa shape index (κ2) is 9.73. The van der Waals surface area contributed by atoms with Gasteiger partial charge >= 0.3 is 0 Å². The van der Waals surface area contributed by atoms with Crippen LogP contribution >= 0.6 is 0 Å². The van der Waals surface area contributed by atoms with Crippen LogP contribution in [-0.2, 0) is 4.79 Å². The first-order valence-corrected chi connectivity index (χ1v) is 9.82. The van der Waals surface area contributed by atoms with E-state index in [4.69, 9.17) is 0 Å². The maximum absolute atomic E-state index is 12.4. The number of aliphatic hydroxyl groups excluding tert-OH is 2. The van der Waals surface area contributed by atoms with Crippen LogP contribution in [0.3, 0.4) is 0 Å². The number of carbonyl (C=O) groups is 1. The summed E-state index contributed by atoms with van der Waals surface area (Å²) in [7, 11) is 0. The molecule has 2 rings (SSSR count). The van der Waals surface area contributed by atoms with E-state index in [-0.39, 0.29) is 18.6 Å². The average molecular weight is 341 g/mol. The van der Waals surface area contributed by atoms with E-state index in [0.717, 1.165) is 31.2 Å². The molecular formula is C19H36N2O3. The Balaban J connectivity index is 1.73. The van der Waals surface area contributed by atoms with Crippen molar-refractivity contribution >= 4 is 5.91 Å². The monoisotopic (exact) mass is 340 g/mol. The lowest BCUT2D eigenvalue weighted by molar-refractivity contribution is -0.126. The molecule has 0 aromatic heterocycles. The van der Waals surface area contributed by atoms with Crippen molar-refractivity contribution in [1.29, 1.82) is 0 Å². The minimum atomic E-state index is -0.743. The Labute approximate surface area is 146 Å². The lowest BCUT2D eigenvalue weighted by atomic mass is 9.78. The Morgan fingerprint density at radius 1 is 1.17 bits per heavy atom. The van der Waals surface area contributed by atoms with E-state index < -0.39 is 12.1 Å². The number of rotatable bonds is 7. The summed E-state index contributed by atoms with van der Waals surface area (Å²) in [6.45, 7) is 4.59. The molecular weight excluding hydrogens is 304 g/mol. The Morgan fingerprint density at radius 2 is 1.83 bits per heavy atom. The number of nitrogens with one attached hydrogen (secondary N) is 2. The summed E-state index contributed by atoms with van der Waals surface area (Å²) in [5.41, 5.74) is 0. The molecule has 0 aromatic rings. The highest BCUT2D eigenvalue weighted by atomic mass is 16.3. The normalized spacial score (nSPS) is 33.7. The van der Waals surface area contributed by atoms with Gasteiger partial charge in [-0.15, -0.1) is 0 Å². The molecule has 0 bridgehead atoms. The van der Waals surface area contributed by atoms with Crippen LogP contribution < -0.4 is 10.6 Å². The highest BCUT2D eigenvalue weighted by Crippen LogP contribution is 2.33. The summed E-state index contributed by atoms with van der Waals surface area (Å²) in [4.78, 5) is 12.4. The fraction of sp³-hybridized carbons (Fsp3) is 0.947. The van der Waals surface area contributed by atoms with Crippen molar-refractivity contribution in [3.8, 4) is 0 Å². The van der Waals surface area contributed by atoms with Crippen molar-refractivity contribution in [3.05, 3.63) is 0 Å². The molecule has 2 aliphatic rings. The molecule has 0 unspecified atom stereocenters. The van der Waals surface area contributed by atoms with E-state index in [0.29, 0.717) is 5.92 Å². The molecule has 1 heterocycles. The van der Waals surface area contributed by atoms with Crippen molar-refractivity contribution in [1.82, 2.24) is 10.6 Å². The largest absolute Gasteiger partial charge is 0.394 e. The number of piperidine rings is 1. The Bertz CT molecular complexity index is 381. The van der Waals surface area contributed by atoms with Gasteiger partial charge in [0.25, 0.3) is 0 Å². The molecule has 2 fully saturated rings. The van der Waals surface area contributed by atoms with Crippen LogP contribution in [0.2, 0.25) is 0 Å². The third-order valence-electron chi connectivity index (χ3n) is 6.05. The van der Waals surface area contributed by atoms with Crippen molar-refractivity contribution in [2.75, 3.05) is 13.2 Å². The lowest BCUT2D eigenvalue weighted by Crippen LogP contribution is -2.54. The molecule has 140 valence electrons. The SMILES string of the molecule is CC1CCC(CC[C@@H]2CCN[C@H](C(=O)N[C@@H](CO)[C@H](C)O)C2)CC1. The van der Waals surface area contributed by atoms with Gasteiger partial charge in [-0.3, -0.25) is 4.79 Å². The number of carbonyl (C=O) groups excluding carboxylic acids is 1. The van der Waals surface area contributed by atoms with Crippen molar-refractivity contribution in [2.24, 2.45) is 17.8 Å². The van der Waals surface area contributed by atoms with Crippen LogP contribution in [0.15, 0.2) is 0 Å². The van der Waals surface area contributed by atoms with Crippen LogP contribution in [-0.4, -0.2) is 47.5 Å². The van der Waals surface area contributed by atoms with E-state index in [1.807, 2.05) is 0 Å². The highest BCUT2D eigenvalue weighted by molar-refractivity contribution is 5.82. The predicted octanol–water partition coefficient (Wildman–Crippen LogP) is 1.82. The zero-order valence-electron chi connectivity index (χ0n) is 15.3. The summed E-state index contributed by atoms with van der Waals surface area (Å²) >= 11 is 0. The van der Waals surface area contributed by atoms with E-state index in [2.05, 4.69) is 17.6 Å². The second-order valence-electron chi connectivity index (χ2n) is 8.14. The molecule has 0 radical (unpaired) electrons. The van der Waals surface area contributed by atoms with Gasteiger partial charge in [0.2, 0.25) is 5.91 Å². The maximum atomic E-state index is 12.4. The summed E-state index contributed by atoms with van der Waals surface area (Å²) in [5.74, 6) is 2.31. The molecule has 4 N–H and O–H groups in total. The third kappa shape index (κ3) is 6.01. The van der Waals surface area contributed by atoms with Crippen molar-refractivity contribution in [3.63, 3.8) is 0 Å². The number of aliphatic hydroxyl groups is 2. The van der Waals surface area contributed by atoms with Crippen LogP contribution in [0.4, 0.5) is 0 Å². The minimum absolute atomic E-state index is 0.0915. The van der Waals surface area contributed by atoms with Gasteiger partial charge in [-0.2, -0.15) is 0 Å². The fourth-order valence-corrected chi connectivity index (χ4v) is 4.15. The summed E-state index contributed by atoms with van der Waals surface area (Å²) in [6, 6.07) is -0.771. The average Bonchev–Trinajstić information content (AvgIpc) is 2.59. The molecule has 4 atom stereocenters. The molecule has 1 aliphatic carbocycles. The Morgan fingerprint density at radius 3 is 2.46 bits per heavy atom. The third-order valence-corrected chi connectivity index (χ3v) is 6.05. The van der Waals surface area contributed by atoms with Gasteiger partial charge in [0, 0.05) is 0 Å². The molecule has 1 saturated carbocycles. The first-order chi connectivity index (χ1) is 11.5.